The van der Waals surface area contributed by atoms with Gasteiger partial charge in [-0.15, -0.1) is 0 Å². The van der Waals surface area contributed by atoms with E-state index in [-0.39, 0.29) is 18.4 Å². The zero-order valence-corrected chi connectivity index (χ0v) is 21.6. The summed E-state index contributed by atoms with van der Waals surface area (Å²) in [4.78, 5) is 20.7. The van der Waals surface area contributed by atoms with E-state index in [4.69, 9.17) is 11.6 Å². The summed E-state index contributed by atoms with van der Waals surface area (Å²) in [5, 5.41) is 13.7. The lowest BCUT2D eigenvalue weighted by atomic mass is 9.80. The van der Waals surface area contributed by atoms with Crippen LogP contribution < -0.4 is 5.32 Å². The summed E-state index contributed by atoms with van der Waals surface area (Å²) in [6, 6.07) is 10.6. The number of hydrogen-bond donors (Lipinski definition) is 2. The standard InChI is InChI=1S/C28H26ClF3N4O2/c1-15-6-11-22(29)20(12-15)21-14-36(13-17-7-9-19(10-8-17)28(30,31)32)24-23(21)34-26(27(37)38)35-25(24)33-16(2)18-4-3-5-18/h6-12,14,16,18H,3-5,13H2,1-2H3,(H,37,38)(H,33,34,35). The van der Waals surface area contributed by atoms with Crippen molar-refractivity contribution in [3.05, 3.63) is 76.2 Å². The van der Waals surface area contributed by atoms with Crippen molar-refractivity contribution in [1.82, 2.24) is 14.5 Å². The van der Waals surface area contributed by atoms with Crippen molar-refractivity contribution in [3.63, 3.8) is 0 Å². The Morgan fingerprint density at radius 3 is 2.47 bits per heavy atom. The maximum atomic E-state index is 13.1. The maximum Gasteiger partial charge on any atom is 0.416 e. The molecule has 10 heteroatoms. The number of nitrogens with zero attached hydrogens (tertiary/aromatic N) is 3. The van der Waals surface area contributed by atoms with Crippen LogP contribution in [0.25, 0.3) is 22.2 Å². The molecule has 1 saturated carbocycles. The Kier molecular flexibility index (Phi) is 6.81. The van der Waals surface area contributed by atoms with Gasteiger partial charge >= 0.3 is 12.1 Å². The third-order valence-corrected chi connectivity index (χ3v) is 7.50. The summed E-state index contributed by atoms with van der Waals surface area (Å²) in [5.74, 6) is -0.799. The van der Waals surface area contributed by atoms with Crippen LogP contribution in [0.1, 0.15) is 53.5 Å². The molecule has 0 amide bonds. The summed E-state index contributed by atoms with van der Waals surface area (Å²) in [7, 11) is 0. The van der Waals surface area contributed by atoms with E-state index in [0.29, 0.717) is 44.5 Å². The fraction of sp³-hybridized carbons (Fsp3) is 0.321. The molecule has 2 N–H and O–H groups in total. The first-order chi connectivity index (χ1) is 18.0. The van der Waals surface area contributed by atoms with Crippen molar-refractivity contribution in [3.8, 4) is 11.1 Å². The number of aromatic carboxylic acids is 1. The molecule has 1 unspecified atom stereocenters. The molecule has 2 heterocycles. The summed E-state index contributed by atoms with van der Waals surface area (Å²) >= 11 is 6.56. The number of halogens is 4. The smallest absolute Gasteiger partial charge is 0.416 e. The Balaban J connectivity index is 1.69. The van der Waals surface area contributed by atoms with E-state index in [0.717, 1.165) is 37.0 Å². The topological polar surface area (TPSA) is 80.0 Å². The number of carboxylic acids is 1. The highest BCUT2D eigenvalue weighted by Gasteiger charge is 2.30. The Morgan fingerprint density at radius 1 is 1.16 bits per heavy atom. The number of aryl methyl sites for hydroxylation is 1. The molecule has 0 bridgehead atoms. The predicted octanol–water partition coefficient (Wildman–Crippen LogP) is 7.43. The van der Waals surface area contributed by atoms with Crippen molar-refractivity contribution in [2.45, 2.75) is 51.9 Å². The van der Waals surface area contributed by atoms with E-state index in [1.807, 2.05) is 36.7 Å². The number of nitrogens with one attached hydrogen (secondary N) is 1. The fourth-order valence-electron chi connectivity index (χ4n) is 4.83. The lowest BCUT2D eigenvalue weighted by Gasteiger charge is -2.32. The Hall–Kier alpha value is -3.59. The van der Waals surface area contributed by atoms with E-state index < -0.39 is 17.7 Å². The van der Waals surface area contributed by atoms with Crippen LogP contribution in [0, 0.1) is 12.8 Å². The molecular formula is C28H26ClF3N4O2. The maximum absolute atomic E-state index is 13.1. The predicted molar refractivity (Wildman–Crippen MR) is 141 cm³/mol. The zero-order valence-electron chi connectivity index (χ0n) is 20.8. The van der Waals surface area contributed by atoms with E-state index in [1.54, 1.807) is 6.07 Å². The van der Waals surface area contributed by atoms with Gasteiger partial charge in [-0.3, -0.25) is 0 Å². The molecule has 1 aliphatic rings. The molecule has 5 rings (SSSR count). The van der Waals surface area contributed by atoms with Crippen LogP contribution in [0.15, 0.2) is 48.7 Å². The van der Waals surface area contributed by atoms with Gasteiger partial charge in [0.1, 0.15) is 11.0 Å². The van der Waals surface area contributed by atoms with Crippen LogP contribution in [0.4, 0.5) is 19.0 Å². The number of benzene rings is 2. The van der Waals surface area contributed by atoms with E-state index >= 15 is 0 Å². The van der Waals surface area contributed by atoms with Gasteiger partial charge in [-0.25, -0.2) is 14.8 Å². The molecule has 38 heavy (non-hydrogen) atoms. The van der Waals surface area contributed by atoms with Crippen molar-refractivity contribution >= 4 is 34.4 Å². The molecule has 198 valence electrons. The first-order valence-corrected chi connectivity index (χ1v) is 12.7. The summed E-state index contributed by atoms with van der Waals surface area (Å²) in [6.07, 6.45) is 0.679. The molecule has 2 aromatic carbocycles. The van der Waals surface area contributed by atoms with Gasteiger partial charge in [0.05, 0.1) is 5.56 Å². The average molecular weight is 543 g/mol. The second-order valence-electron chi connectivity index (χ2n) is 9.87. The molecule has 1 atom stereocenters. The van der Waals surface area contributed by atoms with Gasteiger partial charge in [0.25, 0.3) is 0 Å². The Bertz CT molecular complexity index is 1510. The molecule has 0 radical (unpaired) electrons. The first kappa shape index (κ1) is 26.0. The summed E-state index contributed by atoms with van der Waals surface area (Å²) in [5.41, 5.74) is 3.13. The largest absolute Gasteiger partial charge is 0.475 e. The molecule has 1 aliphatic carbocycles. The Labute approximate surface area is 222 Å². The SMILES string of the molecule is Cc1ccc(Cl)c(-c2cn(Cc3ccc(C(F)(F)F)cc3)c3c(NC(C)C4CCC4)nc(C(=O)O)nc23)c1. The van der Waals surface area contributed by atoms with E-state index in [9.17, 15) is 23.1 Å². The highest BCUT2D eigenvalue weighted by atomic mass is 35.5. The molecule has 0 saturated heterocycles. The molecule has 4 aromatic rings. The number of carbonyl (C=O) groups is 1. The van der Waals surface area contributed by atoms with Crippen molar-refractivity contribution < 1.29 is 23.1 Å². The molecule has 1 fully saturated rings. The van der Waals surface area contributed by atoms with Crippen LogP contribution in [0.5, 0.6) is 0 Å². The van der Waals surface area contributed by atoms with Gasteiger partial charge in [0.2, 0.25) is 5.82 Å². The average Bonchev–Trinajstić information content (AvgIpc) is 3.17. The molecular weight excluding hydrogens is 517 g/mol. The van der Waals surface area contributed by atoms with Crippen molar-refractivity contribution in [2.75, 3.05) is 5.32 Å². The normalized spacial score (nSPS) is 14.9. The summed E-state index contributed by atoms with van der Waals surface area (Å²) < 4.78 is 41.1. The number of hydrogen-bond acceptors (Lipinski definition) is 4. The highest BCUT2D eigenvalue weighted by Crippen LogP contribution is 2.39. The minimum Gasteiger partial charge on any atom is -0.475 e. The minimum atomic E-state index is -4.43. The van der Waals surface area contributed by atoms with Crippen molar-refractivity contribution in [1.29, 1.82) is 0 Å². The van der Waals surface area contributed by atoms with E-state index in [2.05, 4.69) is 15.3 Å². The lowest BCUT2D eigenvalue weighted by molar-refractivity contribution is -0.137. The minimum absolute atomic E-state index is 0.0453. The van der Waals surface area contributed by atoms with Gasteiger partial charge in [0, 0.05) is 34.9 Å². The number of alkyl halides is 3. The number of anilines is 1. The van der Waals surface area contributed by atoms with Gasteiger partial charge in [-0.2, -0.15) is 13.2 Å². The highest BCUT2D eigenvalue weighted by molar-refractivity contribution is 6.33. The monoisotopic (exact) mass is 542 g/mol. The van der Waals surface area contributed by atoms with Crippen molar-refractivity contribution in [2.24, 2.45) is 5.92 Å². The number of rotatable bonds is 7. The molecule has 6 nitrogen and oxygen atoms in total. The van der Waals surface area contributed by atoms with Gasteiger partial charge in [-0.05, 0) is 62.4 Å². The Morgan fingerprint density at radius 2 is 1.87 bits per heavy atom. The number of fused-ring (bicyclic) bond motifs is 1. The quantitative estimate of drug-likeness (QED) is 0.254. The van der Waals surface area contributed by atoms with Gasteiger partial charge < -0.3 is 15.0 Å². The third-order valence-electron chi connectivity index (χ3n) is 7.17. The zero-order chi connectivity index (χ0) is 27.2. The molecule has 2 aromatic heterocycles. The molecule has 0 spiro atoms. The fourth-order valence-corrected chi connectivity index (χ4v) is 5.05. The van der Waals surface area contributed by atoms with Crippen LogP contribution in [-0.4, -0.2) is 31.7 Å². The summed E-state index contributed by atoms with van der Waals surface area (Å²) in [6.45, 7) is 4.19. The first-order valence-electron chi connectivity index (χ1n) is 12.3. The third kappa shape index (κ3) is 5.07. The second kappa shape index (κ2) is 9.94. The lowest BCUT2D eigenvalue weighted by Crippen LogP contribution is -2.31. The van der Waals surface area contributed by atoms with Gasteiger partial charge in [0.15, 0.2) is 5.82 Å². The van der Waals surface area contributed by atoms with Crippen LogP contribution in [-0.2, 0) is 12.7 Å². The van der Waals surface area contributed by atoms with Crippen LogP contribution >= 0.6 is 11.6 Å². The van der Waals surface area contributed by atoms with Gasteiger partial charge in [-0.1, -0.05) is 41.8 Å². The van der Waals surface area contributed by atoms with E-state index in [1.165, 1.54) is 12.1 Å². The van der Waals surface area contributed by atoms with Crippen LogP contribution in [0.2, 0.25) is 5.02 Å². The number of carboxylic acid groups (broad SMARTS) is 1. The van der Waals surface area contributed by atoms with Crippen LogP contribution in [0.3, 0.4) is 0 Å². The second-order valence-corrected chi connectivity index (χ2v) is 10.3. The molecule has 0 aliphatic heterocycles. The number of aromatic nitrogens is 3.